The summed E-state index contributed by atoms with van der Waals surface area (Å²) in [5, 5.41) is 5.49. The lowest BCUT2D eigenvalue weighted by Gasteiger charge is -2.28. The molecule has 0 atom stereocenters. The lowest BCUT2D eigenvalue weighted by Crippen LogP contribution is -2.36. The van der Waals surface area contributed by atoms with Gasteiger partial charge in [-0.15, -0.1) is 0 Å². The number of nitrogens with one attached hydrogen (secondary N) is 2. The number of likely N-dealkylation sites (N-methyl/N-ethyl adjacent to an activating group) is 1. The Kier molecular flexibility index (Phi) is 6.03. The van der Waals surface area contributed by atoms with E-state index in [0.29, 0.717) is 35.9 Å². The number of carbonyl (C=O) groups is 3. The minimum Gasteiger partial charge on any atom is -0.482 e. The molecule has 31 heavy (non-hydrogen) atoms. The molecule has 1 saturated heterocycles. The molecule has 0 spiro atoms. The Morgan fingerprint density at radius 3 is 2.61 bits per heavy atom. The maximum atomic E-state index is 12.7. The number of morpholine rings is 1. The highest BCUT2D eigenvalue weighted by Crippen LogP contribution is 2.29. The molecule has 0 bridgehead atoms. The second-order valence-electron chi connectivity index (χ2n) is 7.40. The fourth-order valence-corrected chi connectivity index (χ4v) is 3.49. The predicted octanol–water partition coefficient (Wildman–Crippen LogP) is 1.56. The second-order valence-corrected chi connectivity index (χ2v) is 7.40. The van der Waals surface area contributed by atoms with Gasteiger partial charge in [0, 0.05) is 37.1 Å². The minimum atomic E-state index is -0.318. The van der Waals surface area contributed by atoms with Crippen LogP contribution < -0.4 is 20.3 Å². The van der Waals surface area contributed by atoms with E-state index in [-0.39, 0.29) is 30.9 Å². The van der Waals surface area contributed by atoms with Crippen LogP contribution in [0.4, 0.5) is 17.1 Å². The predicted molar refractivity (Wildman–Crippen MR) is 116 cm³/mol. The summed E-state index contributed by atoms with van der Waals surface area (Å²) >= 11 is 0. The number of amides is 3. The van der Waals surface area contributed by atoms with Gasteiger partial charge in [0.05, 0.1) is 25.4 Å². The van der Waals surface area contributed by atoms with Gasteiger partial charge in [-0.1, -0.05) is 0 Å². The summed E-state index contributed by atoms with van der Waals surface area (Å²) in [6.07, 6.45) is 0. The summed E-state index contributed by atoms with van der Waals surface area (Å²) in [6.45, 7) is 2.93. The van der Waals surface area contributed by atoms with Gasteiger partial charge in [-0.2, -0.15) is 0 Å². The quantitative estimate of drug-likeness (QED) is 0.756. The first-order valence-electron chi connectivity index (χ1n) is 10.0. The Hall–Kier alpha value is -3.59. The van der Waals surface area contributed by atoms with Crippen LogP contribution >= 0.6 is 0 Å². The van der Waals surface area contributed by atoms with Crippen molar-refractivity contribution >= 4 is 34.8 Å². The summed E-state index contributed by atoms with van der Waals surface area (Å²) in [4.78, 5) is 40.0. The van der Waals surface area contributed by atoms with E-state index < -0.39 is 0 Å². The first-order chi connectivity index (χ1) is 15.0. The summed E-state index contributed by atoms with van der Waals surface area (Å²) in [5.74, 6) is -0.417. The Balaban J connectivity index is 1.33. The molecule has 0 saturated carbocycles. The fraction of sp³-hybridized carbons (Fsp3) is 0.318. The number of hydrogen-bond acceptors (Lipinski definition) is 6. The van der Waals surface area contributed by atoms with Gasteiger partial charge in [0.2, 0.25) is 5.91 Å². The molecule has 0 aromatic heterocycles. The van der Waals surface area contributed by atoms with Crippen LogP contribution in [-0.2, 0) is 14.3 Å². The number of nitrogens with zero attached hydrogens (tertiary/aromatic N) is 2. The van der Waals surface area contributed by atoms with E-state index in [1.54, 1.807) is 25.2 Å². The largest absolute Gasteiger partial charge is 0.482 e. The van der Waals surface area contributed by atoms with E-state index in [1.165, 1.54) is 4.90 Å². The molecule has 0 radical (unpaired) electrons. The van der Waals surface area contributed by atoms with Gasteiger partial charge in [-0.25, -0.2) is 0 Å². The molecule has 9 heteroatoms. The van der Waals surface area contributed by atoms with Gasteiger partial charge in [0.25, 0.3) is 11.8 Å². The molecule has 1 fully saturated rings. The summed E-state index contributed by atoms with van der Waals surface area (Å²) in [5.41, 5.74) is 2.65. The van der Waals surface area contributed by atoms with Crippen LogP contribution in [-0.4, -0.2) is 69.1 Å². The van der Waals surface area contributed by atoms with Gasteiger partial charge in [0.1, 0.15) is 5.75 Å². The smallest absolute Gasteiger partial charge is 0.262 e. The Morgan fingerprint density at radius 2 is 1.87 bits per heavy atom. The van der Waals surface area contributed by atoms with Gasteiger partial charge >= 0.3 is 0 Å². The maximum absolute atomic E-state index is 12.7. The molecule has 162 valence electrons. The fourth-order valence-electron chi connectivity index (χ4n) is 3.49. The van der Waals surface area contributed by atoms with Crippen molar-refractivity contribution in [3.63, 3.8) is 0 Å². The molecule has 3 amide bonds. The third kappa shape index (κ3) is 4.95. The highest BCUT2D eigenvalue weighted by molar-refractivity contribution is 6.01. The summed E-state index contributed by atoms with van der Waals surface area (Å²) < 4.78 is 10.7. The lowest BCUT2D eigenvalue weighted by atomic mass is 10.1. The van der Waals surface area contributed by atoms with Crippen molar-refractivity contribution in [2.75, 3.05) is 62.0 Å². The van der Waals surface area contributed by atoms with E-state index >= 15 is 0 Å². The van der Waals surface area contributed by atoms with Gasteiger partial charge in [-0.3, -0.25) is 14.4 Å². The van der Waals surface area contributed by atoms with Gasteiger partial charge in [-0.05, 0) is 42.5 Å². The Morgan fingerprint density at radius 1 is 1.13 bits per heavy atom. The average Bonchev–Trinajstić information content (AvgIpc) is 2.79. The van der Waals surface area contributed by atoms with Crippen LogP contribution in [0.5, 0.6) is 5.75 Å². The van der Waals surface area contributed by atoms with E-state index in [0.717, 1.165) is 18.8 Å². The number of hydrogen-bond donors (Lipinski definition) is 2. The first kappa shape index (κ1) is 20.7. The molecule has 2 heterocycles. The van der Waals surface area contributed by atoms with E-state index in [9.17, 15) is 14.4 Å². The number of rotatable bonds is 5. The number of ether oxygens (including phenoxy) is 2. The first-order valence-corrected chi connectivity index (χ1v) is 10.0. The van der Waals surface area contributed by atoms with Crippen molar-refractivity contribution in [2.45, 2.75) is 0 Å². The van der Waals surface area contributed by atoms with Crippen LogP contribution in [0.1, 0.15) is 10.4 Å². The Bertz CT molecular complexity index is 986. The molecule has 4 rings (SSSR count). The Labute approximate surface area is 179 Å². The van der Waals surface area contributed by atoms with Crippen LogP contribution in [0.2, 0.25) is 0 Å². The number of fused-ring (bicyclic) bond motifs is 1. The standard InChI is InChI=1S/C22H24N4O5/c1-25(22(29)15-2-7-18-19(12-15)31-14-21(28)24-18)13-20(27)23-16-3-5-17(6-4-16)26-8-10-30-11-9-26/h2-7,12H,8-11,13-14H2,1H3,(H,23,27)(H,24,28). The molecular weight excluding hydrogens is 400 g/mol. The molecule has 0 unspecified atom stereocenters. The van der Waals surface area contributed by atoms with Gasteiger partial charge < -0.3 is 29.9 Å². The second kappa shape index (κ2) is 9.05. The third-order valence-corrected chi connectivity index (χ3v) is 5.12. The van der Waals surface area contributed by atoms with Crippen LogP contribution in [0, 0.1) is 0 Å². The van der Waals surface area contributed by atoms with E-state index in [2.05, 4.69) is 15.5 Å². The van der Waals surface area contributed by atoms with Crippen molar-refractivity contribution < 1.29 is 23.9 Å². The SMILES string of the molecule is CN(CC(=O)Nc1ccc(N2CCOCC2)cc1)C(=O)c1ccc2c(c1)OCC(=O)N2. The highest BCUT2D eigenvalue weighted by atomic mass is 16.5. The van der Waals surface area contributed by atoms with E-state index in [1.807, 2.05) is 24.3 Å². The molecule has 2 aliphatic heterocycles. The van der Waals surface area contributed by atoms with E-state index in [4.69, 9.17) is 9.47 Å². The van der Waals surface area contributed by atoms with Gasteiger partial charge in [0.15, 0.2) is 6.61 Å². The topological polar surface area (TPSA) is 100 Å². The molecule has 2 N–H and O–H groups in total. The average molecular weight is 424 g/mol. The molecular formula is C22H24N4O5. The van der Waals surface area contributed by atoms with Crippen molar-refractivity contribution in [3.05, 3.63) is 48.0 Å². The number of benzene rings is 2. The number of carbonyl (C=O) groups excluding carboxylic acids is 3. The zero-order valence-electron chi connectivity index (χ0n) is 17.2. The van der Waals surface area contributed by atoms with Crippen LogP contribution in [0.15, 0.2) is 42.5 Å². The van der Waals surface area contributed by atoms with Crippen molar-refractivity contribution in [1.29, 1.82) is 0 Å². The monoisotopic (exact) mass is 424 g/mol. The highest BCUT2D eigenvalue weighted by Gasteiger charge is 2.20. The van der Waals surface area contributed by atoms with Crippen LogP contribution in [0.25, 0.3) is 0 Å². The van der Waals surface area contributed by atoms with Crippen molar-refractivity contribution in [3.8, 4) is 5.75 Å². The molecule has 0 aliphatic carbocycles. The zero-order chi connectivity index (χ0) is 21.8. The maximum Gasteiger partial charge on any atom is 0.262 e. The molecule has 2 aromatic carbocycles. The zero-order valence-corrected chi connectivity index (χ0v) is 17.2. The molecule has 2 aromatic rings. The minimum absolute atomic E-state index is 0.0901. The van der Waals surface area contributed by atoms with Crippen molar-refractivity contribution in [1.82, 2.24) is 4.90 Å². The molecule has 2 aliphatic rings. The number of anilines is 3. The summed E-state index contributed by atoms with van der Waals surface area (Å²) in [7, 11) is 1.56. The lowest BCUT2D eigenvalue weighted by molar-refractivity contribution is -0.118. The van der Waals surface area contributed by atoms with Crippen molar-refractivity contribution in [2.24, 2.45) is 0 Å². The summed E-state index contributed by atoms with van der Waals surface area (Å²) in [6, 6.07) is 12.4. The third-order valence-electron chi connectivity index (χ3n) is 5.12. The normalized spacial score (nSPS) is 15.4. The van der Waals surface area contributed by atoms with Crippen LogP contribution in [0.3, 0.4) is 0 Å². The molecule has 9 nitrogen and oxygen atoms in total.